The summed E-state index contributed by atoms with van der Waals surface area (Å²) in [6.07, 6.45) is 1.26. The minimum absolute atomic E-state index is 0.451. The maximum absolute atomic E-state index is 8.72. The number of nitrogens with zero attached hydrogens (tertiary/aromatic N) is 2. The number of hydrogen-bond acceptors (Lipinski definition) is 4. The molecule has 0 unspecified atom stereocenters. The average molecular weight is 258 g/mol. The number of methoxy groups -OCH3 is 1. The standard InChI is InChI=1S/C14H14N2OS/c1-10-13(7-8-15)18-14(16-10)9-11-3-5-12(17-2)6-4-11/h3-6H,7,9H2,1-2H3. The van der Waals surface area contributed by atoms with Gasteiger partial charge in [-0.2, -0.15) is 5.26 Å². The fourth-order valence-corrected chi connectivity index (χ4v) is 2.75. The summed E-state index contributed by atoms with van der Waals surface area (Å²) in [6.45, 7) is 1.96. The minimum Gasteiger partial charge on any atom is -0.497 e. The van der Waals surface area contributed by atoms with Crippen LogP contribution in [0.5, 0.6) is 5.75 Å². The Bertz CT molecular complexity index is 566. The van der Waals surface area contributed by atoms with Crippen molar-refractivity contribution in [3.8, 4) is 11.8 Å². The van der Waals surface area contributed by atoms with E-state index in [1.807, 2.05) is 31.2 Å². The minimum atomic E-state index is 0.451. The maximum Gasteiger partial charge on any atom is 0.118 e. The van der Waals surface area contributed by atoms with Gasteiger partial charge in [-0.15, -0.1) is 11.3 Å². The summed E-state index contributed by atoms with van der Waals surface area (Å²) in [7, 11) is 1.66. The van der Waals surface area contributed by atoms with E-state index < -0.39 is 0 Å². The molecule has 0 atom stereocenters. The van der Waals surface area contributed by atoms with Gasteiger partial charge in [0.15, 0.2) is 0 Å². The molecule has 1 aromatic carbocycles. The fraction of sp³-hybridized carbons (Fsp3) is 0.286. The molecule has 0 aliphatic rings. The van der Waals surface area contributed by atoms with Crippen molar-refractivity contribution in [3.05, 3.63) is 45.4 Å². The van der Waals surface area contributed by atoms with Gasteiger partial charge in [-0.3, -0.25) is 0 Å². The number of hydrogen-bond donors (Lipinski definition) is 0. The summed E-state index contributed by atoms with van der Waals surface area (Å²) in [6, 6.07) is 10.2. The van der Waals surface area contributed by atoms with Gasteiger partial charge in [0.05, 0.1) is 30.3 Å². The number of rotatable bonds is 4. The number of aryl methyl sites for hydroxylation is 1. The second-order valence-electron chi connectivity index (χ2n) is 3.98. The Hall–Kier alpha value is -1.86. The number of benzene rings is 1. The highest BCUT2D eigenvalue weighted by molar-refractivity contribution is 7.11. The van der Waals surface area contributed by atoms with Gasteiger partial charge in [-0.05, 0) is 24.6 Å². The van der Waals surface area contributed by atoms with E-state index in [1.165, 1.54) is 5.56 Å². The molecule has 1 aromatic heterocycles. The Morgan fingerprint density at radius 1 is 1.33 bits per heavy atom. The first-order valence-electron chi connectivity index (χ1n) is 5.68. The van der Waals surface area contributed by atoms with E-state index in [4.69, 9.17) is 10.00 Å². The van der Waals surface area contributed by atoms with Crippen LogP contribution in [-0.4, -0.2) is 12.1 Å². The third-order valence-corrected chi connectivity index (χ3v) is 3.85. The van der Waals surface area contributed by atoms with E-state index in [9.17, 15) is 0 Å². The molecule has 4 heteroatoms. The van der Waals surface area contributed by atoms with E-state index in [1.54, 1.807) is 18.4 Å². The summed E-state index contributed by atoms with van der Waals surface area (Å²) in [5.74, 6) is 0.860. The molecule has 0 bridgehead atoms. The fourth-order valence-electron chi connectivity index (χ4n) is 1.72. The van der Waals surface area contributed by atoms with Crippen LogP contribution in [0.4, 0.5) is 0 Å². The monoisotopic (exact) mass is 258 g/mol. The zero-order chi connectivity index (χ0) is 13.0. The summed E-state index contributed by atoms with van der Waals surface area (Å²) in [5.41, 5.74) is 2.18. The van der Waals surface area contributed by atoms with Crippen molar-refractivity contribution in [2.75, 3.05) is 7.11 Å². The molecular weight excluding hydrogens is 244 g/mol. The molecule has 0 fully saturated rings. The molecule has 2 aromatic rings. The van der Waals surface area contributed by atoms with E-state index in [0.717, 1.165) is 27.7 Å². The lowest BCUT2D eigenvalue weighted by atomic mass is 10.1. The lowest BCUT2D eigenvalue weighted by Crippen LogP contribution is -1.88. The Kier molecular flexibility index (Phi) is 3.96. The summed E-state index contributed by atoms with van der Waals surface area (Å²) < 4.78 is 5.13. The molecule has 0 aliphatic carbocycles. The first-order valence-corrected chi connectivity index (χ1v) is 6.49. The molecule has 18 heavy (non-hydrogen) atoms. The number of aromatic nitrogens is 1. The predicted molar refractivity (Wildman–Crippen MR) is 72.0 cm³/mol. The Morgan fingerprint density at radius 2 is 2.06 bits per heavy atom. The second kappa shape index (κ2) is 5.65. The molecule has 0 radical (unpaired) electrons. The molecule has 0 saturated heterocycles. The normalized spacial score (nSPS) is 10.1. The van der Waals surface area contributed by atoms with E-state index in [-0.39, 0.29) is 0 Å². The van der Waals surface area contributed by atoms with Gasteiger partial charge >= 0.3 is 0 Å². The number of ether oxygens (including phenoxy) is 1. The van der Waals surface area contributed by atoms with Crippen molar-refractivity contribution in [2.24, 2.45) is 0 Å². The summed E-state index contributed by atoms with van der Waals surface area (Å²) in [5, 5.41) is 9.77. The van der Waals surface area contributed by atoms with Crippen LogP contribution in [0.1, 0.15) is 21.1 Å². The Balaban J connectivity index is 2.13. The van der Waals surface area contributed by atoms with Gasteiger partial charge in [0, 0.05) is 11.3 Å². The first-order chi connectivity index (χ1) is 8.72. The zero-order valence-corrected chi connectivity index (χ0v) is 11.3. The SMILES string of the molecule is COc1ccc(Cc2nc(C)c(CC#N)s2)cc1. The first kappa shape index (κ1) is 12.6. The Morgan fingerprint density at radius 3 is 2.67 bits per heavy atom. The van der Waals surface area contributed by atoms with Crippen LogP contribution >= 0.6 is 11.3 Å². The van der Waals surface area contributed by atoms with Gasteiger partial charge in [0.25, 0.3) is 0 Å². The predicted octanol–water partition coefficient (Wildman–Crippen LogP) is 3.12. The smallest absolute Gasteiger partial charge is 0.118 e. The quantitative estimate of drug-likeness (QED) is 0.846. The third-order valence-electron chi connectivity index (χ3n) is 2.69. The number of thiazole rings is 1. The molecule has 0 saturated carbocycles. The topological polar surface area (TPSA) is 45.9 Å². The van der Waals surface area contributed by atoms with Crippen molar-refractivity contribution in [1.29, 1.82) is 5.26 Å². The van der Waals surface area contributed by atoms with Crippen molar-refractivity contribution in [1.82, 2.24) is 4.98 Å². The van der Waals surface area contributed by atoms with Gasteiger partial charge < -0.3 is 4.74 Å². The van der Waals surface area contributed by atoms with Crippen molar-refractivity contribution < 1.29 is 4.74 Å². The van der Waals surface area contributed by atoms with Gasteiger partial charge in [0.1, 0.15) is 5.75 Å². The molecule has 0 aliphatic heterocycles. The van der Waals surface area contributed by atoms with Crippen LogP contribution in [0.25, 0.3) is 0 Å². The summed E-state index contributed by atoms with van der Waals surface area (Å²) in [4.78, 5) is 5.57. The van der Waals surface area contributed by atoms with Gasteiger partial charge in [0.2, 0.25) is 0 Å². The largest absolute Gasteiger partial charge is 0.497 e. The van der Waals surface area contributed by atoms with Crippen LogP contribution < -0.4 is 4.74 Å². The highest BCUT2D eigenvalue weighted by Crippen LogP contribution is 2.22. The Labute approximate surface area is 111 Å². The van der Waals surface area contributed by atoms with Crippen LogP contribution in [-0.2, 0) is 12.8 Å². The van der Waals surface area contributed by atoms with Crippen LogP contribution in [0.15, 0.2) is 24.3 Å². The van der Waals surface area contributed by atoms with Crippen LogP contribution in [0.3, 0.4) is 0 Å². The van der Waals surface area contributed by atoms with E-state index >= 15 is 0 Å². The van der Waals surface area contributed by atoms with Gasteiger partial charge in [-0.25, -0.2) is 4.98 Å². The van der Waals surface area contributed by atoms with E-state index in [0.29, 0.717) is 6.42 Å². The molecule has 0 amide bonds. The zero-order valence-electron chi connectivity index (χ0n) is 10.4. The van der Waals surface area contributed by atoms with Crippen LogP contribution in [0.2, 0.25) is 0 Å². The molecule has 2 rings (SSSR count). The van der Waals surface area contributed by atoms with Gasteiger partial charge in [-0.1, -0.05) is 12.1 Å². The molecule has 0 N–H and O–H groups in total. The number of nitriles is 1. The highest BCUT2D eigenvalue weighted by atomic mass is 32.1. The molecular formula is C14H14N2OS. The molecule has 1 heterocycles. The summed E-state index contributed by atoms with van der Waals surface area (Å²) >= 11 is 1.62. The molecule has 3 nitrogen and oxygen atoms in total. The van der Waals surface area contributed by atoms with E-state index in [2.05, 4.69) is 11.1 Å². The van der Waals surface area contributed by atoms with Crippen molar-refractivity contribution in [3.63, 3.8) is 0 Å². The average Bonchev–Trinajstić information content (AvgIpc) is 2.71. The molecule has 0 spiro atoms. The lowest BCUT2D eigenvalue weighted by Gasteiger charge is -2.01. The highest BCUT2D eigenvalue weighted by Gasteiger charge is 2.07. The third kappa shape index (κ3) is 2.88. The lowest BCUT2D eigenvalue weighted by molar-refractivity contribution is 0.414. The molecule has 92 valence electrons. The van der Waals surface area contributed by atoms with Crippen molar-refractivity contribution in [2.45, 2.75) is 19.8 Å². The van der Waals surface area contributed by atoms with Crippen LogP contribution in [0, 0.1) is 18.3 Å². The maximum atomic E-state index is 8.72. The van der Waals surface area contributed by atoms with Crippen molar-refractivity contribution >= 4 is 11.3 Å². The second-order valence-corrected chi connectivity index (χ2v) is 5.14.